The van der Waals surface area contributed by atoms with Crippen molar-refractivity contribution in [3.63, 3.8) is 0 Å². The lowest BCUT2D eigenvalue weighted by atomic mass is 10.2. The molecule has 0 unspecified atom stereocenters. The molecule has 1 aromatic heterocycles. The molecule has 1 aromatic rings. The first-order chi connectivity index (χ1) is 8.72. The second-order valence-corrected chi connectivity index (χ2v) is 4.44. The summed E-state index contributed by atoms with van der Waals surface area (Å²) in [5.74, 6) is -0.194. The first-order valence-corrected chi connectivity index (χ1v) is 6.44. The Morgan fingerprint density at radius 1 is 1.44 bits per heavy atom. The fourth-order valence-electron chi connectivity index (χ4n) is 1.84. The van der Waals surface area contributed by atoms with Crippen molar-refractivity contribution in [2.45, 2.75) is 44.6 Å². The van der Waals surface area contributed by atoms with Crippen LogP contribution >= 0.6 is 0 Å². The zero-order valence-corrected chi connectivity index (χ0v) is 11.0. The van der Waals surface area contributed by atoms with Gasteiger partial charge in [-0.3, -0.25) is 9.78 Å². The summed E-state index contributed by atoms with van der Waals surface area (Å²) in [6.45, 7) is 0. The molecule has 0 saturated heterocycles. The number of pyridine rings is 1. The van der Waals surface area contributed by atoms with Gasteiger partial charge < -0.3 is 10.5 Å². The highest BCUT2D eigenvalue weighted by Crippen LogP contribution is 2.14. The number of carbonyl (C=O) groups excluding carboxylic acids is 1. The molecule has 1 heterocycles. The van der Waals surface area contributed by atoms with Gasteiger partial charge in [0.25, 0.3) is 0 Å². The quantitative estimate of drug-likeness (QED) is 0.834. The second-order valence-electron chi connectivity index (χ2n) is 4.44. The molecule has 0 atom stereocenters. The summed E-state index contributed by atoms with van der Waals surface area (Å²) in [6.07, 6.45) is 8.01. The SMILES string of the molecule is COC(=O)CCc1ccccn1.NC1CCCC1. The maximum atomic E-state index is 10.7. The molecular formula is C14H22N2O2. The van der Waals surface area contributed by atoms with Gasteiger partial charge in [0, 0.05) is 24.4 Å². The molecule has 1 aliphatic carbocycles. The zero-order chi connectivity index (χ0) is 13.2. The predicted octanol–water partition coefficient (Wildman–Crippen LogP) is 2.07. The lowest BCUT2D eigenvalue weighted by Crippen LogP contribution is -2.13. The minimum Gasteiger partial charge on any atom is -0.469 e. The molecule has 0 bridgehead atoms. The first kappa shape index (κ1) is 14.6. The van der Waals surface area contributed by atoms with Crippen molar-refractivity contribution >= 4 is 5.97 Å². The zero-order valence-electron chi connectivity index (χ0n) is 11.0. The third kappa shape index (κ3) is 6.35. The summed E-state index contributed by atoms with van der Waals surface area (Å²) in [5, 5.41) is 0. The molecule has 1 aliphatic rings. The minimum atomic E-state index is -0.194. The number of hydrogen-bond acceptors (Lipinski definition) is 4. The summed E-state index contributed by atoms with van der Waals surface area (Å²) in [6, 6.07) is 6.19. The van der Waals surface area contributed by atoms with Gasteiger partial charge in [-0.15, -0.1) is 0 Å². The number of nitrogens with zero attached hydrogens (tertiary/aromatic N) is 1. The molecule has 18 heavy (non-hydrogen) atoms. The molecule has 4 heteroatoms. The summed E-state index contributed by atoms with van der Waals surface area (Å²) in [7, 11) is 1.39. The number of rotatable bonds is 3. The number of esters is 1. The average Bonchev–Trinajstić information content (AvgIpc) is 2.89. The van der Waals surface area contributed by atoms with Gasteiger partial charge in [0.15, 0.2) is 0 Å². The van der Waals surface area contributed by atoms with E-state index in [2.05, 4.69) is 9.72 Å². The van der Waals surface area contributed by atoms with Gasteiger partial charge in [0.2, 0.25) is 0 Å². The number of methoxy groups -OCH3 is 1. The highest BCUT2D eigenvalue weighted by Gasteiger charge is 2.07. The fourth-order valence-corrected chi connectivity index (χ4v) is 1.84. The molecular weight excluding hydrogens is 228 g/mol. The predicted molar refractivity (Wildman–Crippen MR) is 71.0 cm³/mol. The van der Waals surface area contributed by atoms with Crippen molar-refractivity contribution in [1.29, 1.82) is 0 Å². The smallest absolute Gasteiger partial charge is 0.305 e. The Labute approximate surface area is 109 Å². The normalized spacial score (nSPS) is 14.8. The van der Waals surface area contributed by atoms with Crippen LogP contribution in [0.1, 0.15) is 37.8 Å². The summed E-state index contributed by atoms with van der Waals surface area (Å²) in [4.78, 5) is 14.8. The van der Waals surface area contributed by atoms with Crippen LogP contribution in [0.15, 0.2) is 24.4 Å². The average molecular weight is 250 g/mol. The van der Waals surface area contributed by atoms with E-state index in [4.69, 9.17) is 5.73 Å². The molecule has 0 aliphatic heterocycles. The summed E-state index contributed by atoms with van der Waals surface area (Å²) < 4.78 is 4.51. The molecule has 0 amide bonds. The Morgan fingerprint density at radius 2 is 2.17 bits per heavy atom. The van der Waals surface area contributed by atoms with E-state index in [9.17, 15) is 4.79 Å². The van der Waals surface area contributed by atoms with Crippen molar-refractivity contribution in [2.24, 2.45) is 5.73 Å². The molecule has 1 fully saturated rings. The van der Waals surface area contributed by atoms with E-state index in [-0.39, 0.29) is 5.97 Å². The van der Waals surface area contributed by atoms with Crippen LogP contribution in [0.3, 0.4) is 0 Å². The monoisotopic (exact) mass is 250 g/mol. The number of hydrogen-bond donors (Lipinski definition) is 1. The molecule has 2 N–H and O–H groups in total. The second kappa shape index (κ2) is 8.64. The number of aryl methyl sites for hydroxylation is 1. The Hall–Kier alpha value is -1.42. The van der Waals surface area contributed by atoms with E-state index in [1.165, 1.54) is 32.8 Å². The van der Waals surface area contributed by atoms with Crippen molar-refractivity contribution in [3.05, 3.63) is 30.1 Å². The number of ether oxygens (including phenoxy) is 1. The molecule has 0 radical (unpaired) electrons. The maximum absolute atomic E-state index is 10.7. The van der Waals surface area contributed by atoms with Gasteiger partial charge in [0.05, 0.1) is 13.5 Å². The van der Waals surface area contributed by atoms with Gasteiger partial charge in [-0.05, 0) is 25.0 Å². The Balaban J connectivity index is 0.000000225. The van der Waals surface area contributed by atoms with Gasteiger partial charge in [-0.2, -0.15) is 0 Å². The van der Waals surface area contributed by atoms with E-state index in [0.29, 0.717) is 18.9 Å². The summed E-state index contributed by atoms with van der Waals surface area (Å²) >= 11 is 0. The maximum Gasteiger partial charge on any atom is 0.305 e. The van der Waals surface area contributed by atoms with Crippen molar-refractivity contribution in [3.8, 4) is 0 Å². The van der Waals surface area contributed by atoms with E-state index in [1.54, 1.807) is 6.20 Å². The van der Waals surface area contributed by atoms with Crippen molar-refractivity contribution < 1.29 is 9.53 Å². The van der Waals surface area contributed by atoms with Gasteiger partial charge in [-0.25, -0.2) is 0 Å². The number of carbonyl (C=O) groups is 1. The number of aromatic nitrogens is 1. The molecule has 100 valence electrons. The lowest BCUT2D eigenvalue weighted by molar-refractivity contribution is -0.140. The van der Waals surface area contributed by atoms with Crippen LogP contribution < -0.4 is 5.73 Å². The van der Waals surface area contributed by atoms with Crippen molar-refractivity contribution in [2.75, 3.05) is 7.11 Å². The van der Waals surface area contributed by atoms with Crippen LogP contribution in [-0.4, -0.2) is 24.1 Å². The van der Waals surface area contributed by atoms with Gasteiger partial charge >= 0.3 is 5.97 Å². The Morgan fingerprint density at radius 3 is 2.61 bits per heavy atom. The van der Waals surface area contributed by atoms with Crippen LogP contribution in [0.25, 0.3) is 0 Å². The van der Waals surface area contributed by atoms with E-state index >= 15 is 0 Å². The highest BCUT2D eigenvalue weighted by atomic mass is 16.5. The van der Waals surface area contributed by atoms with Crippen molar-refractivity contribution in [1.82, 2.24) is 4.98 Å². The van der Waals surface area contributed by atoms with Crippen LogP contribution in [0.4, 0.5) is 0 Å². The van der Waals surface area contributed by atoms with Gasteiger partial charge in [-0.1, -0.05) is 18.9 Å². The molecule has 0 aromatic carbocycles. The third-order valence-corrected chi connectivity index (χ3v) is 2.94. The van der Waals surface area contributed by atoms with E-state index in [1.807, 2.05) is 18.2 Å². The van der Waals surface area contributed by atoms with Gasteiger partial charge in [0.1, 0.15) is 0 Å². The van der Waals surface area contributed by atoms with E-state index in [0.717, 1.165) is 5.69 Å². The highest BCUT2D eigenvalue weighted by molar-refractivity contribution is 5.69. The van der Waals surface area contributed by atoms with Crippen LogP contribution in [0, 0.1) is 0 Å². The van der Waals surface area contributed by atoms with Crippen LogP contribution in [0.2, 0.25) is 0 Å². The number of nitrogens with two attached hydrogens (primary N) is 1. The fraction of sp³-hybridized carbons (Fsp3) is 0.571. The topological polar surface area (TPSA) is 65.2 Å². The lowest BCUT2D eigenvalue weighted by Gasteiger charge is -1.98. The standard InChI is InChI=1S/C9H11NO2.C5H11N/c1-12-9(11)6-5-8-4-2-3-7-10-8;6-5-3-1-2-4-5/h2-4,7H,5-6H2,1H3;5H,1-4,6H2. The Bertz CT molecular complexity index is 335. The van der Waals surface area contributed by atoms with Crippen LogP contribution in [0.5, 0.6) is 0 Å². The minimum absolute atomic E-state index is 0.194. The summed E-state index contributed by atoms with van der Waals surface area (Å²) in [5.41, 5.74) is 6.45. The Kier molecular flexibility index (Phi) is 7.03. The van der Waals surface area contributed by atoms with Crippen LogP contribution in [-0.2, 0) is 16.0 Å². The molecule has 0 spiro atoms. The largest absolute Gasteiger partial charge is 0.469 e. The third-order valence-electron chi connectivity index (χ3n) is 2.94. The van der Waals surface area contributed by atoms with E-state index < -0.39 is 0 Å². The molecule has 2 rings (SSSR count). The molecule has 1 saturated carbocycles. The molecule has 4 nitrogen and oxygen atoms in total. The first-order valence-electron chi connectivity index (χ1n) is 6.44.